The molecule has 3 aromatic rings. The van der Waals surface area contributed by atoms with Crippen molar-refractivity contribution in [2.45, 2.75) is 12.5 Å². The van der Waals surface area contributed by atoms with E-state index in [1.165, 1.54) is 0 Å². The number of benzene rings is 3. The lowest BCUT2D eigenvalue weighted by Gasteiger charge is -2.32. The summed E-state index contributed by atoms with van der Waals surface area (Å²) in [5.74, 6) is -2.42. The molecule has 138 valence electrons. The average molecular weight is 370 g/mol. The highest BCUT2D eigenvalue weighted by atomic mass is 16.2. The number of hydrogen-bond acceptors (Lipinski definition) is 3. The lowest BCUT2D eigenvalue weighted by Crippen LogP contribution is -2.47. The molecule has 0 aromatic heterocycles. The first-order valence-corrected chi connectivity index (χ1v) is 8.99. The van der Waals surface area contributed by atoms with Gasteiger partial charge in [0.15, 0.2) is 0 Å². The predicted molar refractivity (Wildman–Crippen MR) is 106 cm³/mol. The second-order valence-corrected chi connectivity index (χ2v) is 6.59. The molecule has 5 heteroatoms. The zero-order chi connectivity index (χ0) is 19.5. The number of amides is 3. The Balaban J connectivity index is 1.70. The molecule has 1 atom stereocenters. The molecule has 1 aliphatic heterocycles. The van der Waals surface area contributed by atoms with Gasteiger partial charge in [-0.05, 0) is 29.3 Å². The molecule has 0 radical (unpaired) electrons. The van der Waals surface area contributed by atoms with Gasteiger partial charge < -0.3 is 5.32 Å². The lowest BCUT2D eigenvalue weighted by molar-refractivity contribution is -0.135. The first-order chi connectivity index (χ1) is 13.6. The van der Waals surface area contributed by atoms with Gasteiger partial charge in [0.1, 0.15) is 5.92 Å². The fourth-order valence-corrected chi connectivity index (χ4v) is 3.38. The van der Waals surface area contributed by atoms with E-state index in [0.29, 0.717) is 16.8 Å². The Labute approximate surface area is 162 Å². The van der Waals surface area contributed by atoms with E-state index < -0.39 is 17.7 Å². The van der Waals surface area contributed by atoms with Gasteiger partial charge in [-0.1, -0.05) is 66.7 Å². The molecule has 5 nitrogen and oxygen atoms in total. The van der Waals surface area contributed by atoms with Crippen LogP contribution >= 0.6 is 0 Å². The monoisotopic (exact) mass is 370 g/mol. The summed E-state index contributed by atoms with van der Waals surface area (Å²) < 4.78 is 0. The zero-order valence-electron chi connectivity index (χ0n) is 15.0. The Morgan fingerprint density at radius 2 is 1.43 bits per heavy atom. The van der Waals surface area contributed by atoms with Crippen molar-refractivity contribution in [3.8, 4) is 0 Å². The number of rotatable bonds is 4. The Morgan fingerprint density at radius 1 is 0.821 bits per heavy atom. The normalized spacial score (nSPS) is 15.9. The molecule has 1 unspecified atom stereocenters. The fraction of sp³-hybridized carbons (Fsp3) is 0.0870. The van der Waals surface area contributed by atoms with E-state index >= 15 is 0 Å². The SMILES string of the molecule is O=C(Nc1ccccc1)C1C(=O)N(Cc2ccccc2)C(=O)c2ccccc21. The van der Waals surface area contributed by atoms with Crippen molar-refractivity contribution in [2.24, 2.45) is 0 Å². The summed E-state index contributed by atoms with van der Waals surface area (Å²) in [5.41, 5.74) is 2.25. The summed E-state index contributed by atoms with van der Waals surface area (Å²) in [6.07, 6.45) is 0. The molecule has 3 aromatic carbocycles. The number of nitrogens with one attached hydrogen (secondary N) is 1. The summed E-state index contributed by atoms with van der Waals surface area (Å²) in [5, 5.41) is 2.78. The van der Waals surface area contributed by atoms with E-state index in [4.69, 9.17) is 0 Å². The van der Waals surface area contributed by atoms with Crippen LogP contribution in [0.15, 0.2) is 84.9 Å². The van der Waals surface area contributed by atoms with Crippen LogP contribution in [0.1, 0.15) is 27.4 Å². The molecular formula is C23H18N2O3. The van der Waals surface area contributed by atoms with Gasteiger partial charge in [-0.2, -0.15) is 0 Å². The highest BCUT2D eigenvalue weighted by Crippen LogP contribution is 2.31. The van der Waals surface area contributed by atoms with Gasteiger partial charge in [-0.25, -0.2) is 0 Å². The minimum absolute atomic E-state index is 0.127. The number of para-hydroxylation sites is 1. The Morgan fingerprint density at radius 3 is 2.14 bits per heavy atom. The molecule has 4 rings (SSSR count). The number of carbonyl (C=O) groups is 3. The molecular weight excluding hydrogens is 352 g/mol. The van der Waals surface area contributed by atoms with Crippen molar-refractivity contribution >= 4 is 23.4 Å². The third-order valence-corrected chi connectivity index (χ3v) is 4.75. The van der Waals surface area contributed by atoms with Crippen LogP contribution in [0.25, 0.3) is 0 Å². The molecule has 0 saturated heterocycles. The van der Waals surface area contributed by atoms with Crippen molar-refractivity contribution in [3.63, 3.8) is 0 Å². The second kappa shape index (κ2) is 7.48. The molecule has 3 amide bonds. The number of imide groups is 1. The van der Waals surface area contributed by atoms with E-state index in [1.54, 1.807) is 48.5 Å². The molecule has 1 aliphatic rings. The number of anilines is 1. The van der Waals surface area contributed by atoms with Crippen LogP contribution in [0.3, 0.4) is 0 Å². The van der Waals surface area contributed by atoms with Gasteiger partial charge in [0.25, 0.3) is 5.91 Å². The van der Waals surface area contributed by atoms with E-state index in [1.807, 2.05) is 36.4 Å². The Kier molecular flexibility index (Phi) is 4.72. The highest BCUT2D eigenvalue weighted by molar-refractivity contribution is 6.21. The van der Waals surface area contributed by atoms with Crippen molar-refractivity contribution in [1.29, 1.82) is 0 Å². The number of carbonyl (C=O) groups excluding carboxylic acids is 3. The average Bonchev–Trinajstić information content (AvgIpc) is 2.73. The molecule has 0 fully saturated rings. The quantitative estimate of drug-likeness (QED) is 0.564. The van der Waals surface area contributed by atoms with Gasteiger partial charge in [0, 0.05) is 11.3 Å². The smallest absolute Gasteiger partial charge is 0.261 e. The summed E-state index contributed by atoms with van der Waals surface area (Å²) in [4.78, 5) is 40.2. The molecule has 0 bridgehead atoms. The van der Waals surface area contributed by atoms with Crippen molar-refractivity contribution in [2.75, 3.05) is 5.32 Å². The zero-order valence-corrected chi connectivity index (χ0v) is 15.0. The summed E-state index contributed by atoms with van der Waals surface area (Å²) in [6, 6.07) is 25.0. The highest BCUT2D eigenvalue weighted by Gasteiger charge is 2.42. The van der Waals surface area contributed by atoms with Gasteiger partial charge >= 0.3 is 0 Å². The Hall–Kier alpha value is -3.73. The Bertz CT molecular complexity index is 1030. The minimum Gasteiger partial charge on any atom is -0.325 e. The third kappa shape index (κ3) is 3.30. The summed E-state index contributed by atoms with van der Waals surface area (Å²) in [6.45, 7) is 0.127. The number of hydrogen-bond donors (Lipinski definition) is 1. The molecule has 0 aliphatic carbocycles. The van der Waals surface area contributed by atoms with E-state index in [9.17, 15) is 14.4 Å². The van der Waals surface area contributed by atoms with Crippen molar-refractivity contribution < 1.29 is 14.4 Å². The second-order valence-electron chi connectivity index (χ2n) is 6.59. The van der Waals surface area contributed by atoms with Gasteiger partial charge in [0.05, 0.1) is 6.54 Å². The molecule has 0 saturated carbocycles. The van der Waals surface area contributed by atoms with E-state index in [2.05, 4.69) is 5.32 Å². The first-order valence-electron chi connectivity index (χ1n) is 8.99. The molecule has 28 heavy (non-hydrogen) atoms. The van der Waals surface area contributed by atoms with Crippen LogP contribution in [0.5, 0.6) is 0 Å². The van der Waals surface area contributed by atoms with Crippen molar-refractivity contribution in [1.82, 2.24) is 4.90 Å². The molecule has 1 heterocycles. The largest absolute Gasteiger partial charge is 0.325 e. The summed E-state index contributed by atoms with van der Waals surface area (Å²) >= 11 is 0. The van der Waals surface area contributed by atoms with Crippen molar-refractivity contribution in [3.05, 3.63) is 102 Å². The van der Waals surface area contributed by atoms with E-state index in [-0.39, 0.29) is 12.5 Å². The maximum Gasteiger partial charge on any atom is 0.261 e. The number of fused-ring (bicyclic) bond motifs is 1. The van der Waals surface area contributed by atoms with Crippen LogP contribution in [-0.2, 0) is 16.1 Å². The van der Waals surface area contributed by atoms with Crippen LogP contribution in [-0.4, -0.2) is 22.6 Å². The first kappa shape index (κ1) is 17.7. The maximum atomic E-state index is 13.2. The van der Waals surface area contributed by atoms with Gasteiger partial charge in [0.2, 0.25) is 11.8 Å². The minimum atomic E-state index is -1.07. The van der Waals surface area contributed by atoms with Crippen LogP contribution < -0.4 is 5.32 Å². The topological polar surface area (TPSA) is 66.5 Å². The standard InChI is InChI=1S/C23H18N2O3/c26-21(24-17-11-5-2-6-12-17)20-18-13-7-8-14-19(18)22(27)25(23(20)28)15-16-9-3-1-4-10-16/h1-14,20H,15H2,(H,24,26). The predicted octanol–water partition coefficient (Wildman–Crippen LogP) is 3.59. The number of nitrogens with zero attached hydrogens (tertiary/aromatic N) is 1. The van der Waals surface area contributed by atoms with Crippen LogP contribution in [0, 0.1) is 0 Å². The van der Waals surface area contributed by atoms with Gasteiger partial charge in [-0.15, -0.1) is 0 Å². The molecule has 0 spiro atoms. The van der Waals surface area contributed by atoms with Crippen LogP contribution in [0.2, 0.25) is 0 Å². The van der Waals surface area contributed by atoms with Crippen LogP contribution in [0.4, 0.5) is 5.69 Å². The molecule has 1 N–H and O–H groups in total. The van der Waals surface area contributed by atoms with E-state index in [0.717, 1.165) is 10.5 Å². The lowest BCUT2D eigenvalue weighted by atomic mass is 9.87. The third-order valence-electron chi connectivity index (χ3n) is 4.75. The summed E-state index contributed by atoms with van der Waals surface area (Å²) in [7, 11) is 0. The fourth-order valence-electron chi connectivity index (χ4n) is 3.38. The van der Waals surface area contributed by atoms with Gasteiger partial charge in [-0.3, -0.25) is 19.3 Å². The maximum absolute atomic E-state index is 13.2.